The fraction of sp³-hybridized carbons (Fsp3) is 0.571. The number of rotatable bonds is 3. The molecule has 1 atom stereocenters. The van der Waals surface area contributed by atoms with E-state index in [0.717, 1.165) is 25.0 Å². The Morgan fingerprint density at radius 3 is 2.44 bits per heavy atom. The minimum atomic E-state index is -0.104. The molecule has 0 spiro atoms. The second-order valence-corrected chi connectivity index (χ2v) is 5.62. The topological polar surface area (TPSA) is 12.5 Å². The zero-order valence-corrected chi connectivity index (χ0v) is 10.2. The van der Waals surface area contributed by atoms with Gasteiger partial charge in [0.05, 0.1) is 12.2 Å². The number of hydrogen-bond acceptors (Lipinski definition) is 1. The van der Waals surface area contributed by atoms with Crippen molar-refractivity contribution in [2.24, 2.45) is 5.41 Å². The Morgan fingerprint density at radius 1 is 1.31 bits per heavy atom. The molecule has 1 aliphatic rings. The molecule has 0 amide bonds. The SMILES string of the molecule is CC(C)(C)C1(CCc2ccccc2F)CO1. The highest BCUT2D eigenvalue weighted by atomic mass is 19.1. The molecule has 0 aromatic heterocycles. The number of benzene rings is 1. The average molecular weight is 222 g/mol. The van der Waals surface area contributed by atoms with E-state index < -0.39 is 0 Å². The van der Waals surface area contributed by atoms with Crippen molar-refractivity contribution < 1.29 is 9.13 Å². The maximum atomic E-state index is 13.4. The first-order valence-corrected chi connectivity index (χ1v) is 5.82. The van der Waals surface area contributed by atoms with Crippen LogP contribution in [0.2, 0.25) is 0 Å². The van der Waals surface area contributed by atoms with E-state index in [1.54, 1.807) is 6.07 Å². The Balaban J connectivity index is 2.01. The van der Waals surface area contributed by atoms with Gasteiger partial charge in [0.1, 0.15) is 5.82 Å². The second-order valence-electron chi connectivity index (χ2n) is 5.62. The molecule has 0 radical (unpaired) electrons. The van der Waals surface area contributed by atoms with Gasteiger partial charge in [0.15, 0.2) is 0 Å². The summed E-state index contributed by atoms with van der Waals surface area (Å²) < 4.78 is 19.0. The van der Waals surface area contributed by atoms with E-state index in [4.69, 9.17) is 4.74 Å². The molecule has 88 valence electrons. The summed E-state index contributed by atoms with van der Waals surface area (Å²) in [5.41, 5.74) is 0.898. The van der Waals surface area contributed by atoms with Gasteiger partial charge in [-0.05, 0) is 29.9 Å². The highest BCUT2D eigenvalue weighted by molar-refractivity contribution is 5.18. The molecule has 1 fully saturated rings. The number of aryl methyl sites for hydroxylation is 1. The molecule has 1 heterocycles. The van der Waals surface area contributed by atoms with Crippen molar-refractivity contribution in [1.82, 2.24) is 0 Å². The third kappa shape index (κ3) is 2.12. The number of epoxide rings is 1. The zero-order chi connectivity index (χ0) is 11.8. The summed E-state index contributed by atoms with van der Waals surface area (Å²) in [7, 11) is 0. The van der Waals surface area contributed by atoms with Gasteiger partial charge >= 0.3 is 0 Å². The predicted molar refractivity (Wildman–Crippen MR) is 62.9 cm³/mol. The van der Waals surface area contributed by atoms with Crippen molar-refractivity contribution in [2.75, 3.05) is 6.61 Å². The monoisotopic (exact) mass is 222 g/mol. The Bertz CT molecular complexity index is 375. The number of hydrogen-bond donors (Lipinski definition) is 0. The normalized spacial score (nSPS) is 24.5. The number of halogens is 1. The van der Waals surface area contributed by atoms with Gasteiger partial charge in [-0.2, -0.15) is 0 Å². The minimum absolute atomic E-state index is 0.0325. The predicted octanol–water partition coefficient (Wildman–Crippen LogP) is 3.57. The van der Waals surface area contributed by atoms with Gasteiger partial charge in [0.2, 0.25) is 0 Å². The molecule has 2 rings (SSSR count). The first-order valence-electron chi connectivity index (χ1n) is 5.82. The molecule has 0 bridgehead atoms. The molecule has 0 aliphatic carbocycles. The lowest BCUT2D eigenvalue weighted by Crippen LogP contribution is -2.30. The van der Waals surface area contributed by atoms with E-state index in [1.165, 1.54) is 6.07 Å². The quantitative estimate of drug-likeness (QED) is 0.712. The van der Waals surface area contributed by atoms with Crippen LogP contribution < -0.4 is 0 Å². The van der Waals surface area contributed by atoms with Crippen LogP contribution in [0.1, 0.15) is 32.8 Å². The molecule has 2 heteroatoms. The van der Waals surface area contributed by atoms with E-state index in [1.807, 2.05) is 12.1 Å². The maximum absolute atomic E-state index is 13.4. The van der Waals surface area contributed by atoms with E-state index >= 15 is 0 Å². The lowest BCUT2D eigenvalue weighted by atomic mass is 9.77. The van der Waals surface area contributed by atoms with Crippen LogP contribution in [-0.4, -0.2) is 12.2 Å². The van der Waals surface area contributed by atoms with Gasteiger partial charge in [0, 0.05) is 0 Å². The molecule has 16 heavy (non-hydrogen) atoms. The Hall–Kier alpha value is -0.890. The summed E-state index contributed by atoms with van der Waals surface area (Å²) in [6, 6.07) is 6.99. The summed E-state index contributed by atoms with van der Waals surface area (Å²) >= 11 is 0. The van der Waals surface area contributed by atoms with Crippen LogP contribution in [0.4, 0.5) is 4.39 Å². The minimum Gasteiger partial charge on any atom is -0.369 e. The first kappa shape index (κ1) is 11.6. The first-order chi connectivity index (χ1) is 7.45. The highest BCUT2D eigenvalue weighted by Crippen LogP contribution is 2.47. The molecule has 1 aromatic carbocycles. The van der Waals surface area contributed by atoms with Crippen molar-refractivity contribution in [1.29, 1.82) is 0 Å². The number of ether oxygens (including phenoxy) is 1. The van der Waals surface area contributed by atoms with Crippen molar-refractivity contribution in [3.63, 3.8) is 0 Å². The van der Waals surface area contributed by atoms with Gasteiger partial charge in [0.25, 0.3) is 0 Å². The van der Waals surface area contributed by atoms with Crippen LogP contribution in [0.15, 0.2) is 24.3 Å². The largest absolute Gasteiger partial charge is 0.369 e. The average Bonchev–Trinajstić information content (AvgIpc) is 2.96. The van der Waals surface area contributed by atoms with E-state index in [9.17, 15) is 4.39 Å². The Labute approximate surface area is 96.6 Å². The van der Waals surface area contributed by atoms with Crippen LogP contribution in [0.3, 0.4) is 0 Å². The fourth-order valence-corrected chi connectivity index (χ4v) is 2.08. The van der Waals surface area contributed by atoms with Crippen molar-refractivity contribution >= 4 is 0 Å². The van der Waals surface area contributed by atoms with Crippen molar-refractivity contribution in [2.45, 2.75) is 39.2 Å². The van der Waals surface area contributed by atoms with Gasteiger partial charge < -0.3 is 4.74 Å². The van der Waals surface area contributed by atoms with Crippen LogP contribution in [0.25, 0.3) is 0 Å². The standard InChI is InChI=1S/C14H19FO/c1-13(2,3)14(10-16-14)9-8-11-6-4-5-7-12(11)15/h4-7H,8-10H2,1-3H3. The smallest absolute Gasteiger partial charge is 0.126 e. The van der Waals surface area contributed by atoms with Crippen LogP contribution in [0.5, 0.6) is 0 Å². The zero-order valence-electron chi connectivity index (χ0n) is 10.2. The molecule has 1 nitrogen and oxygen atoms in total. The van der Waals surface area contributed by atoms with E-state index in [2.05, 4.69) is 20.8 Å². The van der Waals surface area contributed by atoms with Gasteiger partial charge in [-0.15, -0.1) is 0 Å². The van der Waals surface area contributed by atoms with Gasteiger partial charge in [-0.3, -0.25) is 0 Å². The molecular formula is C14H19FO. The van der Waals surface area contributed by atoms with Crippen LogP contribution in [0, 0.1) is 11.2 Å². The Morgan fingerprint density at radius 2 is 1.94 bits per heavy atom. The van der Waals surface area contributed by atoms with Crippen molar-refractivity contribution in [3.8, 4) is 0 Å². The molecule has 0 saturated carbocycles. The molecular weight excluding hydrogens is 203 g/mol. The van der Waals surface area contributed by atoms with E-state index in [0.29, 0.717) is 0 Å². The summed E-state index contributed by atoms with van der Waals surface area (Å²) in [6.45, 7) is 7.36. The highest BCUT2D eigenvalue weighted by Gasteiger charge is 2.53. The van der Waals surface area contributed by atoms with Gasteiger partial charge in [-0.1, -0.05) is 39.0 Å². The molecule has 1 saturated heterocycles. The lowest BCUT2D eigenvalue weighted by Gasteiger charge is -2.27. The molecule has 1 aromatic rings. The second kappa shape index (κ2) is 3.85. The summed E-state index contributed by atoms with van der Waals surface area (Å²) in [4.78, 5) is 0. The summed E-state index contributed by atoms with van der Waals surface area (Å²) in [6.07, 6.45) is 1.65. The van der Waals surface area contributed by atoms with Crippen LogP contribution >= 0.6 is 0 Å². The summed E-state index contributed by atoms with van der Waals surface area (Å²) in [5, 5.41) is 0. The lowest BCUT2D eigenvalue weighted by molar-refractivity contribution is 0.145. The molecule has 1 unspecified atom stereocenters. The fourth-order valence-electron chi connectivity index (χ4n) is 2.08. The Kier molecular flexibility index (Phi) is 2.79. The van der Waals surface area contributed by atoms with Crippen molar-refractivity contribution in [3.05, 3.63) is 35.6 Å². The molecule has 0 N–H and O–H groups in total. The van der Waals surface area contributed by atoms with Gasteiger partial charge in [-0.25, -0.2) is 4.39 Å². The molecule has 1 aliphatic heterocycles. The van der Waals surface area contributed by atoms with E-state index in [-0.39, 0.29) is 16.8 Å². The summed E-state index contributed by atoms with van der Waals surface area (Å²) in [5.74, 6) is -0.104. The third-order valence-electron chi connectivity index (χ3n) is 3.62. The van der Waals surface area contributed by atoms with Crippen LogP contribution in [-0.2, 0) is 11.2 Å². The maximum Gasteiger partial charge on any atom is 0.126 e. The third-order valence-corrected chi connectivity index (χ3v) is 3.62.